The summed E-state index contributed by atoms with van der Waals surface area (Å²) in [6, 6.07) is 8.51. The van der Waals surface area contributed by atoms with Crippen LogP contribution >= 0.6 is 0 Å². The summed E-state index contributed by atoms with van der Waals surface area (Å²) in [5.74, 6) is 2.01. The van der Waals surface area contributed by atoms with Crippen LogP contribution in [0.15, 0.2) is 35.9 Å². The quantitative estimate of drug-likeness (QED) is 0.429. The van der Waals surface area contributed by atoms with E-state index >= 15 is 0 Å². The number of benzene rings is 2. The van der Waals surface area contributed by atoms with E-state index in [0.29, 0.717) is 52.0 Å². The number of ketones is 1. The first-order valence-electron chi connectivity index (χ1n) is 8.50. The van der Waals surface area contributed by atoms with Crippen molar-refractivity contribution in [3.05, 3.63) is 47.0 Å². The van der Waals surface area contributed by atoms with Gasteiger partial charge in [-0.1, -0.05) is 0 Å². The molecule has 0 spiro atoms. The molecule has 0 aliphatic rings. The minimum atomic E-state index is -0.139. The van der Waals surface area contributed by atoms with Crippen molar-refractivity contribution in [2.24, 2.45) is 0 Å². The largest absolute Gasteiger partial charge is 0.497 e. The van der Waals surface area contributed by atoms with Crippen LogP contribution in [0.1, 0.15) is 29.8 Å². The maximum absolute atomic E-state index is 12.9. The van der Waals surface area contributed by atoms with Gasteiger partial charge < -0.3 is 24.7 Å². The van der Waals surface area contributed by atoms with Crippen molar-refractivity contribution in [2.75, 3.05) is 33.7 Å². The summed E-state index contributed by atoms with van der Waals surface area (Å²) < 4.78 is 21.6. The first-order chi connectivity index (χ1) is 12.9. The number of ether oxygens (including phenoxy) is 4. The second-order valence-electron chi connectivity index (χ2n) is 5.79. The van der Waals surface area contributed by atoms with E-state index in [9.17, 15) is 4.79 Å². The summed E-state index contributed by atoms with van der Waals surface area (Å²) >= 11 is 0. The van der Waals surface area contributed by atoms with Crippen LogP contribution in [0.5, 0.6) is 23.0 Å². The van der Waals surface area contributed by atoms with Crippen LogP contribution in [0.2, 0.25) is 0 Å². The molecule has 0 unspecified atom stereocenters. The highest BCUT2D eigenvalue weighted by Crippen LogP contribution is 2.37. The monoisotopic (exact) mass is 371 g/mol. The molecule has 0 heterocycles. The first-order valence-corrected chi connectivity index (χ1v) is 8.50. The molecule has 0 saturated carbocycles. The van der Waals surface area contributed by atoms with E-state index in [4.69, 9.17) is 24.7 Å². The molecule has 2 N–H and O–H groups in total. The molecule has 144 valence electrons. The molecule has 0 saturated heterocycles. The van der Waals surface area contributed by atoms with Crippen molar-refractivity contribution >= 4 is 17.5 Å². The average Bonchev–Trinajstić information content (AvgIpc) is 2.68. The number of rotatable bonds is 8. The van der Waals surface area contributed by atoms with E-state index in [1.807, 2.05) is 6.92 Å². The number of nitrogen functional groups attached to an aromatic ring is 1. The number of anilines is 1. The van der Waals surface area contributed by atoms with Gasteiger partial charge >= 0.3 is 0 Å². The Morgan fingerprint density at radius 3 is 2.37 bits per heavy atom. The van der Waals surface area contributed by atoms with E-state index in [2.05, 4.69) is 0 Å². The van der Waals surface area contributed by atoms with Crippen LogP contribution in [0, 0.1) is 0 Å². The maximum atomic E-state index is 12.9. The van der Waals surface area contributed by atoms with Crippen LogP contribution in [0.25, 0.3) is 6.08 Å². The predicted molar refractivity (Wildman–Crippen MR) is 106 cm³/mol. The van der Waals surface area contributed by atoms with Crippen LogP contribution in [-0.4, -0.2) is 33.7 Å². The number of allylic oxidation sites excluding steroid dienone is 1. The van der Waals surface area contributed by atoms with Gasteiger partial charge in [0.2, 0.25) is 0 Å². The molecule has 27 heavy (non-hydrogen) atoms. The van der Waals surface area contributed by atoms with Gasteiger partial charge in [-0.05, 0) is 49.8 Å². The minimum absolute atomic E-state index is 0.139. The zero-order valence-electron chi connectivity index (χ0n) is 16.3. The van der Waals surface area contributed by atoms with Crippen LogP contribution in [0.3, 0.4) is 0 Å². The number of carbonyl (C=O) groups excluding carboxylic acids is 1. The van der Waals surface area contributed by atoms with Gasteiger partial charge in [0, 0.05) is 17.2 Å². The molecule has 2 aromatic rings. The summed E-state index contributed by atoms with van der Waals surface area (Å²) in [7, 11) is 4.66. The SMILES string of the molecule is CCOc1cc(C(=O)/C(C)=C/c2cc(OC)cc(OC)c2OC)ccc1N. The van der Waals surface area contributed by atoms with Crippen molar-refractivity contribution in [2.45, 2.75) is 13.8 Å². The van der Waals surface area contributed by atoms with E-state index in [-0.39, 0.29) is 5.78 Å². The number of hydrogen-bond donors (Lipinski definition) is 1. The number of methoxy groups -OCH3 is 3. The summed E-state index contributed by atoms with van der Waals surface area (Å²) in [4.78, 5) is 12.9. The van der Waals surface area contributed by atoms with E-state index < -0.39 is 0 Å². The molecule has 0 aromatic heterocycles. The summed E-state index contributed by atoms with van der Waals surface area (Å²) in [5.41, 5.74) is 8.08. The lowest BCUT2D eigenvalue weighted by molar-refractivity contribution is 0.103. The van der Waals surface area contributed by atoms with Crippen molar-refractivity contribution < 1.29 is 23.7 Å². The molecule has 2 rings (SSSR count). The Balaban J connectivity index is 2.45. The number of carbonyl (C=O) groups is 1. The molecular weight excluding hydrogens is 346 g/mol. The minimum Gasteiger partial charge on any atom is -0.497 e. The molecular formula is C21H25NO5. The smallest absolute Gasteiger partial charge is 0.188 e. The van der Waals surface area contributed by atoms with Gasteiger partial charge in [0.1, 0.15) is 11.5 Å². The second-order valence-corrected chi connectivity index (χ2v) is 5.79. The van der Waals surface area contributed by atoms with Crippen molar-refractivity contribution in [3.63, 3.8) is 0 Å². The molecule has 0 atom stereocenters. The Hall–Kier alpha value is -3.15. The summed E-state index contributed by atoms with van der Waals surface area (Å²) in [6.07, 6.45) is 1.74. The fourth-order valence-corrected chi connectivity index (χ4v) is 2.68. The van der Waals surface area contributed by atoms with Crippen LogP contribution < -0.4 is 24.7 Å². The van der Waals surface area contributed by atoms with E-state index in [1.165, 1.54) is 0 Å². The third-order valence-corrected chi connectivity index (χ3v) is 4.02. The van der Waals surface area contributed by atoms with Gasteiger partial charge in [-0.3, -0.25) is 4.79 Å². The summed E-state index contributed by atoms with van der Waals surface area (Å²) in [5, 5.41) is 0. The molecule has 6 heteroatoms. The van der Waals surface area contributed by atoms with Crippen LogP contribution in [0.4, 0.5) is 5.69 Å². The van der Waals surface area contributed by atoms with Gasteiger partial charge in [0.15, 0.2) is 17.3 Å². The fraction of sp³-hybridized carbons (Fsp3) is 0.286. The molecule has 6 nitrogen and oxygen atoms in total. The lowest BCUT2D eigenvalue weighted by atomic mass is 10.0. The zero-order chi connectivity index (χ0) is 20.0. The molecule has 0 amide bonds. The second kappa shape index (κ2) is 8.98. The lowest BCUT2D eigenvalue weighted by Gasteiger charge is -2.13. The number of hydrogen-bond acceptors (Lipinski definition) is 6. The van der Waals surface area contributed by atoms with Crippen molar-refractivity contribution in [3.8, 4) is 23.0 Å². The van der Waals surface area contributed by atoms with Gasteiger partial charge in [0.25, 0.3) is 0 Å². The molecule has 2 aromatic carbocycles. The highest BCUT2D eigenvalue weighted by Gasteiger charge is 2.15. The number of Topliss-reactive ketones (excluding diaryl/α,β-unsaturated/α-hetero) is 1. The third kappa shape index (κ3) is 4.53. The standard InChI is InChI=1S/C21H25NO5/c1-6-27-18-11-14(7-8-17(18)22)20(23)13(2)9-15-10-16(24-3)12-19(25-4)21(15)26-5/h7-12H,6,22H2,1-5H3/b13-9+. The Bertz CT molecular complexity index is 858. The fourth-order valence-electron chi connectivity index (χ4n) is 2.68. The highest BCUT2D eigenvalue weighted by molar-refractivity contribution is 6.11. The van der Waals surface area contributed by atoms with Crippen LogP contribution in [-0.2, 0) is 0 Å². The lowest BCUT2D eigenvalue weighted by Crippen LogP contribution is -2.04. The van der Waals surface area contributed by atoms with Crippen molar-refractivity contribution in [1.82, 2.24) is 0 Å². The van der Waals surface area contributed by atoms with E-state index in [1.54, 1.807) is 64.7 Å². The summed E-state index contributed by atoms with van der Waals surface area (Å²) in [6.45, 7) is 4.07. The van der Waals surface area contributed by atoms with Gasteiger partial charge in [-0.25, -0.2) is 0 Å². The normalized spacial score (nSPS) is 11.1. The Labute approximate surface area is 159 Å². The topological polar surface area (TPSA) is 80.0 Å². The van der Waals surface area contributed by atoms with Gasteiger partial charge in [0.05, 0.1) is 33.6 Å². The number of nitrogens with two attached hydrogens (primary N) is 1. The Morgan fingerprint density at radius 1 is 1.04 bits per heavy atom. The maximum Gasteiger partial charge on any atom is 0.188 e. The van der Waals surface area contributed by atoms with Gasteiger partial charge in [-0.15, -0.1) is 0 Å². The predicted octanol–water partition coefficient (Wildman–Crippen LogP) is 3.98. The van der Waals surface area contributed by atoms with Gasteiger partial charge in [-0.2, -0.15) is 0 Å². The molecule has 0 aliphatic heterocycles. The highest BCUT2D eigenvalue weighted by atomic mass is 16.5. The Kier molecular flexibility index (Phi) is 6.71. The zero-order valence-corrected chi connectivity index (χ0v) is 16.3. The van der Waals surface area contributed by atoms with Crippen molar-refractivity contribution in [1.29, 1.82) is 0 Å². The first kappa shape index (κ1) is 20.2. The average molecular weight is 371 g/mol. The molecule has 0 aliphatic carbocycles. The molecule has 0 radical (unpaired) electrons. The Morgan fingerprint density at radius 2 is 1.78 bits per heavy atom. The molecule has 0 fully saturated rings. The van der Waals surface area contributed by atoms with E-state index in [0.717, 1.165) is 0 Å². The molecule has 0 bridgehead atoms. The third-order valence-electron chi connectivity index (χ3n) is 4.02.